The van der Waals surface area contributed by atoms with Crippen LogP contribution in [0.15, 0.2) is 48.5 Å². The molecule has 24 heavy (non-hydrogen) atoms. The van der Waals surface area contributed by atoms with Crippen molar-refractivity contribution in [3.8, 4) is 5.75 Å². The first kappa shape index (κ1) is 17.7. The summed E-state index contributed by atoms with van der Waals surface area (Å²) in [5.74, 6) is -0.633. The van der Waals surface area contributed by atoms with Gasteiger partial charge in [0.25, 0.3) is 0 Å². The van der Waals surface area contributed by atoms with Gasteiger partial charge in [-0.2, -0.15) is 0 Å². The molecule has 0 aliphatic heterocycles. The van der Waals surface area contributed by atoms with Gasteiger partial charge in [-0.15, -0.1) is 0 Å². The highest BCUT2D eigenvalue weighted by molar-refractivity contribution is 6.31. The highest BCUT2D eigenvalue weighted by atomic mass is 35.5. The van der Waals surface area contributed by atoms with E-state index in [1.54, 1.807) is 12.1 Å². The number of anilines is 1. The molecule has 2 N–H and O–H groups in total. The zero-order valence-electron chi connectivity index (χ0n) is 12.7. The van der Waals surface area contributed by atoms with Gasteiger partial charge in [0.2, 0.25) is 11.8 Å². The van der Waals surface area contributed by atoms with Crippen molar-refractivity contribution in [1.29, 1.82) is 0 Å². The highest BCUT2D eigenvalue weighted by Crippen LogP contribution is 2.19. The van der Waals surface area contributed by atoms with Crippen molar-refractivity contribution in [3.63, 3.8) is 0 Å². The number of carbonyl (C=O) groups is 2. The van der Waals surface area contributed by atoms with Gasteiger partial charge < -0.3 is 15.4 Å². The predicted molar refractivity (Wildman–Crippen MR) is 89.6 cm³/mol. The molecule has 0 atom stereocenters. The van der Waals surface area contributed by atoms with E-state index < -0.39 is 11.7 Å². The quantitative estimate of drug-likeness (QED) is 0.806. The molecule has 2 amide bonds. The van der Waals surface area contributed by atoms with Crippen LogP contribution in [0.2, 0.25) is 5.02 Å². The van der Waals surface area contributed by atoms with E-state index >= 15 is 0 Å². The molecule has 7 heteroatoms. The minimum atomic E-state index is -0.568. The van der Waals surface area contributed by atoms with Gasteiger partial charge in [-0.05, 0) is 30.3 Å². The summed E-state index contributed by atoms with van der Waals surface area (Å²) in [6.45, 7) is 0.0181. The lowest BCUT2D eigenvalue weighted by Crippen LogP contribution is -2.33. The Labute approximate surface area is 143 Å². The van der Waals surface area contributed by atoms with Crippen LogP contribution < -0.4 is 15.4 Å². The molecule has 0 aliphatic carbocycles. The number of hydrogen-bond donors (Lipinski definition) is 2. The van der Waals surface area contributed by atoms with Crippen LogP contribution in [-0.2, 0) is 9.59 Å². The lowest BCUT2D eigenvalue weighted by molar-refractivity contribution is -0.124. The largest absolute Gasteiger partial charge is 0.493 e. The molecule has 126 valence electrons. The van der Waals surface area contributed by atoms with Gasteiger partial charge in [-0.1, -0.05) is 29.8 Å². The zero-order chi connectivity index (χ0) is 17.4. The molecule has 0 radical (unpaired) electrons. The average molecular weight is 351 g/mol. The number of nitrogens with one attached hydrogen (secondary N) is 2. The third kappa shape index (κ3) is 5.89. The van der Waals surface area contributed by atoms with Crippen LogP contribution in [0.25, 0.3) is 0 Å². The summed E-state index contributed by atoms with van der Waals surface area (Å²) < 4.78 is 18.4. The number of halogens is 2. The van der Waals surface area contributed by atoms with E-state index in [1.165, 1.54) is 12.1 Å². The van der Waals surface area contributed by atoms with Crippen molar-refractivity contribution in [2.24, 2.45) is 0 Å². The van der Waals surface area contributed by atoms with Gasteiger partial charge in [-0.3, -0.25) is 9.59 Å². The second-order valence-electron chi connectivity index (χ2n) is 4.87. The number of rotatable bonds is 7. The Morgan fingerprint density at radius 1 is 1.08 bits per heavy atom. The summed E-state index contributed by atoms with van der Waals surface area (Å²) in [6.07, 6.45) is 0.130. The van der Waals surface area contributed by atoms with E-state index in [-0.39, 0.29) is 30.5 Å². The van der Waals surface area contributed by atoms with Crippen molar-refractivity contribution in [1.82, 2.24) is 5.32 Å². The molecular weight excluding hydrogens is 335 g/mol. The first-order valence-corrected chi connectivity index (χ1v) is 7.62. The van der Waals surface area contributed by atoms with Gasteiger partial charge >= 0.3 is 0 Å². The Balaban J connectivity index is 1.67. The summed E-state index contributed by atoms with van der Waals surface area (Å²) in [6, 6.07) is 12.9. The normalized spacial score (nSPS) is 10.1. The maximum absolute atomic E-state index is 13.0. The summed E-state index contributed by atoms with van der Waals surface area (Å²) in [5.41, 5.74) is 0.355. The summed E-state index contributed by atoms with van der Waals surface area (Å²) in [4.78, 5) is 23.4. The van der Waals surface area contributed by atoms with Crippen LogP contribution in [0, 0.1) is 5.82 Å². The molecule has 5 nitrogen and oxygen atoms in total. The smallest absolute Gasteiger partial charge is 0.243 e. The van der Waals surface area contributed by atoms with E-state index in [9.17, 15) is 14.0 Å². The molecule has 2 aromatic carbocycles. The topological polar surface area (TPSA) is 67.4 Å². The molecule has 0 bridgehead atoms. The molecular formula is C17H16ClFN2O3. The van der Waals surface area contributed by atoms with Gasteiger partial charge in [0.15, 0.2) is 0 Å². The number of hydrogen-bond acceptors (Lipinski definition) is 3. The van der Waals surface area contributed by atoms with E-state index in [2.05, 4.69) is 10.6 Å². The van der Waals surface area contributed by atoms with Crippen LogP contribution in [0.3, 0.4) is 0 Å². The third-order valence-corrected chi connectivity index (χ3v) is 3.28. The Morgan fingerprint density at radius 2 is 1.83 bits per heavy atom. The SMILES string of the molecule is O=C(CCOc1ccccc1)NCC(=O)Nc1ccc(F)c(Cl)c1. The Morgan fingerprint density at radius 3 is 2.54 bits per heavy atom. The molecule has 2 rings (SSSR count). The van der Waals surface area contributed by atoms with Crippen molar-refractivity contribution in [2.45, 2.75) is 6.42 Å². The highest BCUT2D eigenvalue weighted by Gasteiger charge is 2.08. The van der Waals surface area contributed by atoms with Crippen LogP contribution in [0.1, 0.15) is 6.42 Å². The van der Waals surface area contributed by atoms with Crippen molar-refractivity contribution < 1.29 is 18.7 Å². The number of amides is 2. The fraction of sp³-hybridized carbons (Fsp3) is 0.176. The number of ether oxygens (including phenoxy) is 1. The third-order valence-electron chi connectivity index (χ3n) is 2.99. The average Bonchev–Trinajstić information content (AvgIpc) is 2.57. The van der Waals surface area contributed by atoms with Gasteiger partial charge in [0.1, 0.15) is 11.6 Å². The van der Waals surface area contributed by atoms with Crippen LogP contribution in [-0.4, -0.2) is 25.0 Å². The van der Waals surface area contributed by atoms with Crippen LogP contribution in [0.4, 0.5) is 10.1 Å². The molecule has 0 aromatic heterocycles. The second kappa shape index (κ2) is 8.88. The van der Waals surface area contributed by atoms with Gasteiger partial charge in [-0.25, -0.2) is 4.39 Å². The number of carbonyl (C=O) groups excluding carboxylic acids is 2. The maximum atomic E-state index is 13.0. The molecule has 0 saturated carbocycles. The molecule has 2 aromatic rings. The Hall–Kier alpha value is -2.60. The number of para-hydroxylation sites is 1. The van der Waals surface area contributed by atoms with Crippen molar-refractivity contribution in [3.05, 3.63) is 59.4 Å². The summed E-state index contributed by atoms with van der Waals surface area (Å²) >= 11 is 5.62. The molecule has 0 spiro atoms. The minimum absolute atomic E-state index is 0.0881. The second-order valence-corrected chi connectivity index (χ2v) is 5.27. The fourth-order valence-corrected chi connectivity index (χ4v) is 2.01. The van der Waals surface area contributed by atoms with Gasteiger partial charge in [0, 0.05) is 5.69 Å². The molecule has 0 heterocycles. The number of benzene rings is 2. The van der Waals surface area contributed by atoms with Crippen molar-refractivity contribution in [2.75, 3.05) is 18.5 Å². The lowest BCUT2D eigenvalue weighted by atomic mass is 10.3. The van der Waals surface area contributed by atoms with E-state index in [4.69, 9.17) is 16.3 Å². The maximum Gasteiger partial charge on any atom is 0.243 e. The Bertz CT molecular complexity index is 710. The molecule has 0 unspecified atom stereocenters. The van der Waals surface area contributed by atoms with Crippen LogP contribution in [0.5, 0.6) is 5.75 Å². The van der Waals surface area contributed by atoms with E-state index in [1.807, 2.05) is 18.2 Å². The van der Waals surface area contributed by atoms with E-state index in [0.29, 0.717) is 11.4 Å². The lowest BCUT2D eigenvalue weighted by Gasteiger charge is -2.08. The van der Waals surface area contributed by atoms with E-state index in [0.717, 1.165) is 6.07 Å². The first-order valence-electron chi connectivity index (χ1n) is 7.24. The fourth-order valence-electron chi connectivity index (χ4n) is 1.82. The monoisotopic (exact) mass is 350 g/mol. The summed E-state index contributed by atoms with van der Waals surface area (Å²) in [5, 5.41) is 4.90. The van der Waals surface area contributed by atoms with Crippen LogP contribution >= 0.6 is 11.6 Å². The molecule has 0 fully saturated rings. The van der Waals surface area contributed by atoms with Gasteiger partial charge in [0.05, 0.1) is 24.6 Å². The first-order chi connectivity index (χ1) is 11.5. The zero-order valence-corrected chi connectivity index (χ0v) is 13.5. The minimum Gasteiger partial charge on any atom is -0.493 e. The standard InChI is InChI=1S/C17H16ClFN2O3/c18-14-10-12(6-7-15(14)19)21-17(23)11-20-16(22)8-9-24-13-4-2-1-3-5-13/h1-7,10H,8-9,11H2,(H,20,22)(H,21,23). The summed E-state index contributed by atoms with van der Waals surface area (Å²) in [7, 11) is 0. The van der Waals surface area contributed by atoms with Crippen molar-refractivity contribution >= 4 is 29.1 Å². The molecule has 0 saturated heterocycles. The molecule has 0 aliphatic rings. The Kier molecular flexibility index (Phi) is 6.57. The predicted octanol–water partition coefficient (Wildman–Crippen LogP) is 3.00.